The van der Waals surface area contributed by atoms with Gasteiger partial charge in [0.2, 0.25) is 10.0 Å². The summed E-state index contributed by atoms with van der Waals surface area (Å²) in [6.45, 7) is 1.84. The molecule has 5 nitrogen and oxygen atoms in total. The maximum absolute atomic E-state index is 13.3. The summed E-state index contributed by atoms with van der Waals surface area (Å²) in [5.41, 5.74) is 1.69. The molecule has 128 valence electrons. The van der Waals surface area contributed by atoms with Crippen LogP contribution < -0.4 is 4.72 Å². The van der Waals surface area contributed by atoms with E-state index in [4.69, 9.17) is 0 Å². The molecule has 7 heteroatoms. The van der Waals surface area contributed by atoms with Crippen LogP contribution in [0.1, 0.15) is 44.1 Å². The molecule has 0 amide bonds. The lowest BCUT2D eigenvalue weighted by atomic mass is 9.53. The molecule has 0 radical (unpaired) electrons. The summed E-state index contributed by atoms with van der Waals surface area (Å²) in [6.07, 6.45) is 6.90. The highest BCUT2D eigenvalue weighted by atomic mass is 32.2. The average Bonchev–Trinajstić information content (AvgIpc) is 2.91. The molecular formula is C17H21N3O2S2. The van der Waals surface area contributed by atoms with Gasteiger partial charge in [-0.05, 0) is 74.8 Å². The molecule has 4 aliphatic rings. The zero-order chi connectivity index (χ0) is 16.5. The summed E-state index contributed by atoms with van der Waals surface area (Å²) in [5.74, 6) is 2.12. The van der Waals surface area contributed by atoms with Crippen LogP contribution in [0, 0.1) is 24.7 Å². The molecule has 2 aromatic rings. The fourth-order valence-corrected chi connectivity index (χ4v) is 8.26. The average molecular weight is 364 g/mol. The van der Waals surface area contributed by atoms with E-state index in [2.05, 4.69) is 13.5 Å². The molecular weight excluding hydrogens is 342 g/mol. The number of nitrogens with zero attached hydrogens (tertiary/aromatic N) is 2. The maximum Gasteiger partial charge on any atom is 0.243 e. The van der Waals surface area contributed by atoms with Crippen molar-refractivity contribution in [1.29, 1.82) is 0 Å². The fraction of sp³-hybridized carbons (Fsp3) is 0.647. The molecule has 0 spiro atoms. The zero-order valence-corrected chi connectivity index (χ0v) is 15.3. The topological polar surface area (TPSA) is 72.0 Å². The number of aromatic nitrogens is 2. The highest BCUT2D eigenvalue weighted by molar-refractivity contribution is 7.89. The summed E-state index contributed by atoms with van der Waals surface area (Å²) in [6, 6.07) is 3.68. The van der Waals surface area contributed by atoms with Crippen molar-refractivity contribution in [2.45, 2.75) is 55.9 Å². The SMILES string of the molecule is Cc1ccc2nsnc2c1S(=O)(=O)NC12CC3CC(CC(C3)C1)C2. The lowest BCUT2D eigenvalue weighted by molar-refractivity contribution is -0.00809. The number of sulfonamides is 1. The van der Waals surface area contributed by atoms with Gasteiger partial charge in [0, 0.05) is 5.54 Å². The van der Waals surface area contributed by atoms with Gasteiger partial charge >= 0.3 is 0 Å². The smallest absolute Gasteiger partial charge is 0.207 e. The van der Waals surface area contributed by atoms with E-state index in [0.717, 1.165) is 36.6 Å². The van der Waals surface area contributed by atoms with E-state index in [9.17, 15) is 8.42 Å². The highest BCUT2D eigenvalue weighted by Crippen LogP contribution is 2.56. The second kappa shape index (κ2) is 4.99. The Bertz CT molecular complexity index is 884. The third-order valence-electron chi connectivity index (χ3n) is 6.24. The van der Waals surface area contributed by atoms with Crippen molar-refractivity contribution in [2.75, 3.05) is 0 Å². The zero-order valence-electron chi connectivity index (χ0n) is 13.7. The van der Waals surface area contributed by atoms with E-state index >= 15 is 0 Å². The number of rotatable bonds is 3. The van der Waals surface area contributed by atoms with Gasteiger partial charge in [-0.25, -0.2) is 13.1 Å². The van der Waals surface area contributed by atoms with Gasteiger partial charge in [0.25, 0.3) is 0 Å². The van der Waals surface area contributed by atoms with Gasteiger partial charge in [0.1, 0.15) is 15.9 Å². The number of hydrogen-bond donors (Lipinski definition) is 1. The van der Waals surface area contributed by atoms with Crippen LogP contribution in [0.5, 0.6) is 0 Å². The Hall–Kier alpha value is -1.05. The van der Waals surface area contributed by atoms with Gasteiger partial charge in [0.15, 0.2) is 0 Å². The molecule has 1 heterocycles. The third kappa shape index (κ3) is 2.24. The number of hydrogen-bond acceptors (Lipinski definition) is 5. The number of fused-ring (bicyclic) bond motifs is 1. The lowest BCUT2D eigenvalue weighted by Crippen LogP contribution is -2.59. The first-order chi connectivity index (χ1) is 11.4. The van der Waals surface area contributed by atoms with E-state index in [0.29, 0.717) is 33.7 Å². The van der Waals surface area contributed by atoms with Crippen LogP contribution in [0.25, 0.3) is 11.0 Å². The summed E-state index contributed by atoms with van der Waals surface area (Å²) >= 11 is 1.07. The summed E-state index contributed by atoms with van der Waals surface area (Å²) in [5, 5.41) is 0. The first-order valence-corrected chi connectivity index (χ1v) is 10.9. The minimum Gasteiger partial charge on any atom is -0.207 e. The fourth-order valence-electron chi connectivity index (χ4n) is 5.84. The van der Waals surface area contributed by atoms with Crippen LogP contribution in [0.3, 0.4) is 0 Å². The van der Waals surface area contributed by atoms with Crippen molar-refractivity contribution in [3.63, 3.8) is 0 Å². The normalized spacial score (nSPS) is 35.0. The monoisotopic (exact) mass is 363 g/mol. The lowest BCUT2D eigenvalue weighted by Gasteiger charge is -2.56. The van der Waals surface area contributed by atoms with Gasteiger partial charge in [0.05, 0.1) is 11.7 Å². The van der Waals surface area contributed by atoms with Crippen molar-refractivity contribution in [2.24, 2.45) is 17.8 Å². The Morgan fingerprint density at radius 1 is 1.08 bits per heavy atom. The molecule has 1 N–H and O–H groups in total. The predicted octanol–water partition coefficient (Wildman–Crippen LogP) is 3.25. The second-order valence-corrected chi connectivity index (χ2v) is 10.3. The minimum absolute atomic E-state index is 0.231. The third-order valence-corrected chi connectivity index (χ3v) is 8.53. The minimum atomic E-state index is -3.60. The molecule has 4 bridgehead atoms. The quantitative estimate of drug-likeness (QED) is 0.909. The largest absolute Gasteiger partial charge is 0.243 e. The van der Waals surface area contributed by atoms with Crippen LogP contribution in [-0.2, 0) is 10.0 Å². The molecule has 0 aliphatic heterocycles. The standard InChI is InChI=1S/C17H21N3O2S2/c1-10-2-3-14-15(19-23-18-14)16(10)24(21,22)20-17-7-11-4-12(8-17)6-13(5-11)9-17/h2-3,11-13,20H,4-9H2,1H3. The van der Waals surface area contributed by atoms with Crippen LogP contribution >= 0.6 is 11.7 Å². The molecule has 1 aromatic carbocycles. The molecule has 6 rings (SSSR count). The van der Waals surface area contributed by atoms with Crippen LogP contribution in [0.4, 0.5) is 0 Å². The van der Waals surface area contributed by atoms with Gasteiger partial charge in [-0.1, -0.05) is 6.07 Å². The van der Waals surface area contributed by atoms with Crippen LogP contribution in [0.15, 0.2) is 17.0 Å². The first-order valence-electron chi connectivity index (χ1n) is 8.70. The molecule has 0 unspecified atom stereocenters. The number of aryl methyl sites for hydroxylation is 1. The number of benzene rings is 1. The molecule has 0 atom stereocenters. The van der Waals surface area contributed by atoms with Crippen LogP contribution in [-0.4, -0.2) is 22.7 Å². The number of nitrogens with one attached hydrogen (secondary N) is 1. The molecule has 4 saturated carbocycles. The van der Waals surface area contributed by atoms with Gasteiger partial charge in [-0.15, -0.1) is 0 Å². The molecule has 4 fully saturated rings. The molecule has 24 heavy (non-hydrogen) atoms. The second-order valence-electron chi connectivity index (χ2n) is 8.15. The Kier molecular flexibility index (Phi) is 3.16. The summed E-state index contributed by atoms with van der Waals surface area (Å²) in [7, 11) is -3.60. The van der Waals surface area contributed by atoms with E-state index in [-0.39, 0.29) is 5.54 Å². The van der Waals surface area contributed by atoms with Gasteiger partial charge in [-0.3, -0.25) is 0 Å². The molecule has 4 aliphatic carbocycles. The van der Waals surface area contributed by atoms with Crippen molar-refractivity contribution in [3.05, 3.63) is 17.7 Å². The Balaban J connectivity index is 1.56. The van der Waals surface area contributed by atoms with Gasteiger partial charge in [-0.2, -0.15) is 8.75 Å². The van der Waals surface area contributed by atoms with E-state index in [1.54, 1.807) is 0 Å². The predicted molar refractivity (Wildman–Crippen MR) is 93.4 cm³/mol. The highest BCUT2D eigenvalue weighted by Gasteiger charge is 2.52. The van der Waals surface area contributed by atoms with E-state index in [1.807, 2.05) is 19.1 Å². The Morgan fingerprint density at radius 3 is 2.33 bits per heavy atom. The Morgan fingerprint density at radius 2 is 1.71 bits per heavy atom. The summed E-state index contributed by atoms with van der Waals surface area (Å²) < 4.78 is 38.2. The summed E-state index contributed by atoms with van der Waals surface area (Å²) in [4.78, 5) is 0.324. The molecule has 1 aromatic heterocycles. The van der Waals surface area contributed by atoms with E-state index < -0.39 is 10.0 Å². The maximum atomic E-state index is 13.3. The van der Waals surface area contributed by atoms with Crippen molar-refractivity contribution < 1.29 is 8.42 Å². The van der Waals surface area contributed by atoms with Crippen molar-refractivity contribution >= 4 is 32.8 Å². The first kappa shape index (κ1) is 15.2. The van der Waals surface area contributed by atoms with Gasteiger partial charge < -0.3 is 0 Å². The van der Waals surface area contributed by atoms with Crippen LogP contribution in [0.2, 0.25) is 0 Å². The van der Waals surface area contributed by atoms with E-state index in [1.165, 1.54) is 19.3 Å². The van der Waals surface area contributed by atoms with Crippen molar-refractivity contribution in [1.82, 2.24) is 13.5 Å². The molecule has 0 saturated heterocycles. The Labute approximate surface area is 146 Å². The van der Waals surface area contributed by atoms with Crippen molar-refractivity contribution in [3.8, 4) is 0 Å².